The summed E-state index contributed by atoms with van der Waals surface area (Å²) in [4.78, 5) is 4.11. The maximum Gasteiger partial charge on any atom is 0.193 e. The van der Waals surface area contributed by atoms with Gasteiger partial charge in [-0.15, -0.1) is 0 Å². The van der Waals surface area contributed by atoms with Gasteiger partial charge in [-0.3, -0.25) is 4.99 Å². The Labute approximate surface area is 101 Å². The molecule has 0 aromatic heterocycles. The highest BCUT2D eigenvalue weighted by atomic mass is 16.5. The third-order valence-corrected chi connectivity index (χ3v) is 2.15. The highest BCUT2D eigenvalue weighted by Crippen LogP contribution is 2.03. The topological polar surface area (TPSA) is 79.9 Å². The number of methoxy groups -OCH3 is 1. The van der Waals surface area contributed by atoms with Crippen LogP contribution in [0.4, 0.5) is 5.69 Å². The molecule has 0 aliphatic rings. The van der Waals surface area contributed by atoms with Crippen molar-refractivity contribution in [3.8, 4) is 0 Å². The van der Waals surface area contributed by atoms with Gasteiger partial charge in [0.1, 0.15) is 0 Å². The Hall–Kier alpha value is -1.59. The highest BCUT2D eigenvalue weighted by molar-refractivity contribution is 5.92. The van der Waals surface area contributed by atoms with Gasteiger partial charge in [-0.2, -0.15) is 0 Å². The molecule has 5 heteroatoms. The second-order valence-corrected chi connectivity index (χ2v) is 3.66. The summed E-state index contributed by atoms with van der Waals surface area (Å²) in [6.07, 6.45) is 0.0404. The van der Waals surface area contributed by atoms with Crippen LogP contribution < -0.4 is 11.1 Å². The fourth-order valence-electron chi connectivity index (χ4n) is 1.32. The largest absolute Gasteiger partial charge is 0.391 e. The van der Waals surface area contributed by atoms with E-state index in [1.54, 1.807) is 7.11 Å². The molecule has 5 nitrogen and oxygen atoms in total. The Morgan fingerprint density at radius 2 is 2.18 bits per heavy atom. The summed E-state index contributed by atoms with van der Waals surface area (Å²) in [5.41, 5.74) is 6.59. The molecule has 0 heterocycles. The monoisotopic (exact) mass is 237 g/mol. The van der Waals surface area contributed by atoms with Gasteiger partial charge in [0.25, 0.3) is 0 Å². The third kappa shape index (κ3) is 5.89. The first-order valence-corrected chi connectivity index (χ1v) is 5.51. The molecule has 0 aliphatic heterocycles. The van der Waals surface area contributed by atoms with Gasteiger partial charge < -0.3 is 20.9 Å². The number of para-hydroxylation sites is 1. The smallest absolute Gasteiger partial charge is 0.193 e. The summed E-state index contributed by atoms with van der Waals surface area (Å²) in [7, 11) is 1.55. The van der Waals surface area contributed by atoms with Crippen molar-refractivity contribution in [2.24, 2.45) is 10.7 Å². The van der Waals surface area contributed by atoms with Crippen LogP contribution in [0.5, 0.6) is 0 Å². The number of aliphatic hydroxyl groups excluding tert-OH is 1. The second kappa shape index (κ2) is 7.65. The van der Waals surface area contributed by atoms with Crippen molar-refractivity contribution in [1.29, 1.82) is 0 Å². The zero-order valence-electron chi connectivity index (χ0n) is 9.97. The lowest BCUT2D eigenvalue weighted by atomic mass is 10.3. The van der Waals surface area contributed by atoms with Crippen molar-refractivity contribution in [2.75, 3.05) is 25.6 Å². The fraction of sp³-hybridized carbons (Fsp3) is 0.417. The molecule has 1 atom stereocenters. The minimum Gasteiger partial charge on any atom is -0.391 e. The number of rotatable bonds is 6. The van der Waals surface area contributed by atoms with E-state index in [-0.39, 0.29) is 0 Å². The molecule has 1 aromatic rings. The van der Waals surface area contributed by atoms with E-state index in [0.29, 0.717) is 25.5 Å². The average Bonchev–Trinajstić information content (AvgIpc) is 2.30. The second-order valence-electron chi connectivity index (χ2n) is 3.66. The van der Waals surface area contributed by atoms with E-state index < -0.39 is 6.10 Å². The van der Waals surface area contributed by atoms with Crippen LogP contribution in [0.15, 0.2) is 35.3 Å². The Kier molecular flexibility index (Phi) is 6.06. The summed E-state index contributed by atoms with van der Waals surface area (Å²) in [5.74, 6) is 0.348. The van der Waals surface area contributed by atoms with Crippen LogP contribution in [-0.2, 0) is 4.74 Å². The number of nitrogens with zero attached hydrogens (tertiary/aromatic N) is 1. The number of nitrogens with one attached hydrogen (secondary N) is 1. The lowest BCUT2D eigenvalue weighted by Crippen LogP contribution is -2.23. The van der Waals surface area contributed by atoms with Gasteiger partial charge >= 0.3 is 0 Å². The summed E-state index contributed by atoms with van der Waals surface area (Å²) < 4.78 is 4.81. The lowest BCUT2D eigenvalue weighted by Gasteiger charge is -2.08. The zero-order valence-corrected chi connectivity index (χ0v) is 9.97. The molecule has 0 bridgehead atoms. The van der Waals surface area contributed by atoms with Gasteiger partial charge in [0.05, 0.1) is 12.7 Å². The number of anilines is 1. The normalized spacial score (nSPS) is 13.4. The highest BCUT2D eigenvalue weighted by Gasteiger charge is 2.02. The number of aliphatic hydroxyl groups is 1. The standard InChI is InChI=1S/C12H19N3O2/c1-17-9-11(16)7-8-14-12(13)15-10-5-3-2-4-6-10/h2-6,11,16H,7-9H2,1H3,(H3,13,14,15). The Balaban J connectivity index is 2.30. The summed E-state index contributed by atoms with van der Waals surface area (Å²) in [6, 6.07) is 9.57. The van der Waals surface area contributed by atoms with Gasteiger partial charge in [0.2, 0.25) is 0 Å². The molecule has 0 saturated carbocycles. The molecule has 0 saturated heterocycles. The predicted octanol–water partition coefficient (Wildman–Crippen LogP) is 0.811. The van der Waals surface area contributed by atoms with Crippen LogP contribution in [-0.4, -0.2) is 37.4 Å². The zero-order chi connectivity index (χ0) is 12.5. The molecule has 1 aromatic carbocycles. The fourth-order valence-corrected chi connectivity index (χ4v) is 1.32. The first-order chi connectivity index (χ1) is 8.22. The summed E-state index contributed by atoms with van der Waals surface area (Å²) in [6.45, 7) is 0.789. The first-order valence-electron chi connectivity index (χ1n) is 5.51. The lowest BCUT2D eigenvalue weighted by molar-refractivity contribution is 0.0610. The molecule has 0 radical (unpaired) electrons. The van der Waals surface area contributed by atoms with Gasteiger partial charge in [-0.05, 0) is 18.6 Å². The minimum absolute atomic E-state index is 0.321. The first kappa shape index (κ1) is 13.5. The van der Waals surface area contributed by atoms with E-state index in [1.165, 1.54) is 0 Å². The number of benzene rings is 1. The number of guanidine groups is 1. The van der Waals surface area contributed by atoms with Crippen LogP contribution in [0.1, 0.15) is 6.42 Å². The van der Waals surface area contributed by atoms with E-state index in [9.17, 15) is 5.11 Å². The summed E-state index contributed by atoms with van der Waals surface area (Å²) >= 11 is 0. The molecule has 94 valence electrons. The van der Waals surface area contributed by atoms with Gasteiger partial charge in [0, 0.05) is 19.3 Å². The molecule has 0 spiro atoms. The van der Waals surface area contributed by atoms with Crippen molar-refractivity contribution in [3.63, 3.8) is 0 Å². The molecular formula is C12H19N3O2. The molecule has 0 amide bonds. The molecule has 0 fully saturated rings. The van der Waals surface area contributed by atoms with E-state index in [0.717, 1.165) is 5.69 Å². The van der Waals surface area contributed by atoms with E-state index in [4.69, 9.17) is 10.5 Å². The summed E-state index contributed by atoms with van der Waals surface area (Å²) in [5, 5.41) is 12.4. The number of aliphatic imine (C=N–C) groups is 1. The number of hydrogen-bond acceptors (Lipinski definition) is 3. The van der Waals surface area contributed by atoms with Crippen LogP contribution in [0.2, 0.25) is 0 Å². The van der Waals surface area contributed by atoms with Crippen LogP contribution in [0, 0.1) is 0 Å². The predicted molar refractivity (Wildman–Crippen MR) is 69.1 cm³/mol. The van der Waals surface area contributed by atoms with Crippen molar-refractivity contribution in [1.82, 2.24) is 0 Å². The van der Waals surface area contributed by atoms with Crippen molar-refractivity contribution in [3.05, 3.63) is 30.3 Å². The Morgan fingerprint density at radius 1 is 1.47 bits per heavy atom. The van der Waals surface area contributed by atoms with E-state index in [1.807, 2.05) is 30.3 Å². The molecule has 17 heavy (non-hydrogen) atoms. The molecular weight excluding hydrogens is 218 g/mol. The van der Waals surface area contributed by atoms with Crippen molar-refractivity contribution < 1.29 is 9.84 Å². The minimum atomic E-state index is -0.492. The number of ether oxygens (including phenoxy) is 1. The Bertz CT molecular complexity index is 341. The molecule has 1 rings (SSSR count). The van der Waals surface area contributed by atoms with Crippen molar-refractivity contribution >= 4 is 11.6 Å². The van der Waals surface area contributed by atoms with Crippen LogP contribution in [0.3, 0.4) is 0 Å². The third-order valence-electron chi connectivity index (χ3n) is 2.15. The number of nitrogens with two attached hydrogens (primary N) is 1. The molecule has 4 N–H and O–H groups in total. The average molecular weight is 237 g/mol. The van der Waals surface area contributed by atoms with Gasteiger partial charge in [-0.25, -0.2) is 0 Å². The quantitative estimate of drug-likeness (QED) is 0.505. The molecule has 0 aliphatic carbocycles. The van der Waals surface area contributed by atoms with Crippen LogP contribution >= 0.6 is 0 Å². The van der Waals surface area contributed by atoms with E-state index >= 15 is 0 Å². The SMILES string of the molecule is COCC(O)CCN=C(N)Nc1ccccc1. The van der Waals surface area contributed by atoms with E-state index in [2.05, 4.69) is 10.3 Å². The number of hydrogen-bond donors (Lipinski definition) is 3. The maximum absolute atomic E-state index is 9.40. The van der Waals surface area contributed by atoms with Crippen molar-refractivity contribution in [2.45, 2.75) is 12.5 Å². The van der Waals surface area contributed by atoms with Gasteiger partial charge in [-0.1, -0.05) is 18.2 Å². The molecule has 1 unspecified atom stereocenters. The Morgan fingerprint density at radius 3 is 2.82 bits per heavy atom. The maximum atomic E-state index is 9.40. The van der Waals surface area contributed by atoms with Crippen LogP contribution in [0.25, 0.3) is 0 Å². The van der Waals surface area contributed by atoms with Gasteiger partial charge in [0.15, 0.2) is 5.96 Å².